The summed E-state index contributed by atoms with van der Waals surface area (Å²) in [6, 6.07) is 2.22. The van der Waals surface area contributed by atoms with Gasteiger partial charge in [0.25, 0.3) is 0 Å². The summed E-state index contributed by atoms with van der Waals surface area (Å²) in [4.78, 5) is 0. The Morgan fingerprint density at radius 3 is 3.13 bits per heavy atom. The number of hydrogen-bond donors (Lipinski definition) is 1. The molecule has 1 fully saturated rings. The van der Waals surface area contributed by atoms with Gasteiger partial charge in [0.2, 0.25) is 0 Å². The molecule has 0 radical (unpaired) electrons. The molecule has 1 aromatic heterocycles. The van der Waals surface area contributed by atoms with Crippen LogP contribution in [0.4, 0.5) is 0 Å². The van der Waals surface area contributed by atoms with Crippen molar-refractivity contribution >= 4 is 23.1 Å². The highest BCUT2D eigenvalue weighted by Crippen LogP contribution is 2.36. The molecule has 1 unspecified atom stereocenters. The number of nitrogens with one attached hydrogen (secondary N) is 1. The quantitative estimate of drug-likeness (QED) is 0.795. The van der Waals surface area contributed by atoms with Crippen molar-refractivity contribution in [3.63, 3.8) is 0 Å². The van der Waals surface area contributed by atoms with Crippen LogP contribution in [0.1, 0.15) is 25.3 Å². The Bertz CT molecular complexity index is 276. The average Bonchev–Trinajstić information content (AvgIpc) is 2.84. The largest absolute Gasteiger partial charge is 0.315 e. The van der Waals surface area contributed by atoms with E-state index in [0.717, 1.165) is 6.54 Å². The molecule has 0 spiro atoms. The summed E-state index contributed by atoms with van der Waals surface area (Å²) in [6.45, 7) is 4.68. The maximum Gasteiger partial charge on any atom is 0.0256 e. The van der Waals surface area contributed by atoms with Crippen LogP contribution in [0.2, 0.25) is 0 Å². The standard InChI is InChI=1S/C12H19NS2/c1-12(5-2-7-15-12)10-13-6-3-11-4-8-14-9-11/h4,8-9,13H,2-3,5-7,10H2,1H3. The highest BCUT2D eigenvalue weighted by molar-refractivity contribution is 8.00. The maximum absolute atomic E-state index is 3.59. The van der Waals surface area contributed by atoms with Crippen LogP contribution in [0.3, 0.4) is 0 Å². The smallest absolute Gasteiger partial charge is 0.0256 e. The van der Waals surface area contributed by atoms with Gasteiger partial charge in [-0.25, -0.2) is 0 Å². The van der Waals surface area contributed by atoms with E-state index in [-0.39, 0.29) is 0 Å². The van der Waals surface area contributed by atoms with E-state index >= 15 is 0 Å². The number of thiophene rings is 1. The Kier molecular flexibility index (Phi) is 4.12. The molecule has 1 nitrogen and oxygen atoms in total. The predicted octanol–water partition coefficient (Wildman–Crippen LogP) is 3.17. The molecule has 0 amide bonds. The normalized spacial score (nSPS) is 25.9. The molecule has 1 atom stereocenters. The lowest BCUT2D eigenvalue weighted by molar-refractivity contribution is 0.539. The van der Waals surface area contributed by atoms with Gasteiger partial charge in [-0.3, -0.25) is 0 Å². The van der Waals surface area contributed by atoms with Crippen LogP contribution in [0.5, 0.6) is 0 Å². The molecule has 1 aromatic rings. The van der Waals surface area contributed by atoms with E-state index in [9.17, 15) is 0 Å². The van der Waals surface area contributed by atoms with Gasteiger partial charge in [-0.15, -0.1) is 0 Å². The van der Waals surface area contributed by atoms with Crippen LogP contribution in [0.15, 0.2) is 16.8 Å². The molecule has 1 aliphatic heterocycles. The molecule has 0 aromatic carbocycles. The minimum Gasteiger partial charge on any atom is -0.315 e. The number of hydrogen-bond acceptors (Lipinski definition) is 3. The van der Waals surface area contributed by atoms with Gasteiger partial charge in [-0.05, 0) is 60.9 Å². The van der Waals surface area contributed by atoms with Crippen LogP contribution in [-0.4, -0.2) is 23.6 Å². The lowest BCUT2D eigenvalue weighted by Crippen LogP contribution is -2.33. The summed E-state index contributed by atoms with van der Waals surface area (Å²) >= 11 is 3.92. The van der Waals surface area contributed by atoms with E-state index in [0.29, 0.717) is 4.75 Å². The van der Waals surface area contributed by atoms with Crippen LogP contribution in [0, 0.1) is 0 Å². The second kappa shape index (κ2) is 5.37. The monoisotopic (exact) mass is 241 g/mol. The Labute approximate surface area is 101 Å². The number of thioether (sulfide) groups is 1. The van der Waals surface area contributed by atoms with Crippen molar-refractivity contribution in [1.82, 2.24) is 5.32 Å². The highest BCUT2D eigenvalue weighted by atomic mass is 32.2. The van der Waals surface area contributed by atoms with Gasteiger partial charge in [0.1, 0.15) is 0 Å². The van der Waals surface area contributed by atoms with Gasteiger partial charge in [-0.1, -0.05) is 0 Å². The van der Waals surface area contributed by atoms with Crippen molar-refractivity contribution in [3.05, 3.63) is 22.4 Å². The zero-order valence-corrected chi connectivity index (χ0v) is 10.9. The molecular weight excluding hydrogens is 222 g/mol. The SMILES string of the molecule is CC1(CNCCc2ccsc2)CCCS1. The molecule has 2 heterocycles. The molecule has 0 bridgehead atoms. The van der Waals surface area contributed by atoms with Crippen molar-refractivity contribution in [2.75, 3.05) is 18.8 Å². The van der Waals surface area contributed by atoms with E-state index < -0.39 is 0 Å². The van der Waals surface area contributed by atoms with Gasteiger partial charge >= 0.3 is 0 Å². The Morgan fingerprint density at radius 1 is 1.53 bits per heavy atom. The van der Waals surface area contributed by atoms with Crippen molar-refractivity contribution in [2.24, 2.45) is 0 Å². The van der Waals surface area contributed by atoms with Crippen LogP contribution in [0.25, 0.3) is 0 Å². The zero-order valence-electron chi connectivity index (χ0n) is 9.29. The van der Waals surface area contributed by atoms with E-state index in [4.69, 9.17) is 0 Å². The van der Waals surface area contributed by atoms with Crippen molar-refractivity contribution < 1.29 is 0 Å². The van der Waals surface area contributed by atoms with Crippen LogP contribution in [-0.2, 0) is 6.42 Å². The lowest BCUT2D eigenvalue weighted by Gasteiger charge is -2.22. The minimum absolute atomic E-state index is 0.509. The van der Waals surface area contributed by atoms with Crippen molar-refractivity contribution in [2.45, 2.75) is 30.9 Å². The Hall–Kier alpha value is 0.01000. The summed E-state index contributed by atoms with van der Waals surface area (Å²) < 4.78 is 0.509. The molecule has 3 heteroatoms. The fraction of sp³-hybridized carbons (Fsp3) is 0.667. The molecule has 15 heavy (non-hydrogen) atoms. The maximum atomic E-state index is 3.59. The number of rotatable bonds is 5. The Morgan fingerprint density at radius 2 is 2.47 bits per heavy atom. The van der Waals surface area contributed by atoms with Gasteiger partial charge in [-0.2, -0.15) is 23.1 Å². The van der Waals surface area contributed by atoms with E-state index in [1.165, 1.54) is 37.1 Å². The minimum atomic E-state index is 0.509. The second-order valence-electron chi connectivity index (χ2n) is 4.46. The first-order valence-electron chi connectivity index (χ1n) is 5.64. The average molecular weight is 241 g/mol. The third-order valence-corrected chi connectivity index (χ3v) is 5.24. The zero-order chi connectivity index (χ0) is 10.6. The molecule has 1 N–H and O–H groups in total. The summed E-state index contributed by atoms with van der Waals surface area (Å²) in [7, 11) is 0. The molecule has 1 saturated heterocycles. The van der Waals surface area contributed by atoms with E-state index in [1.54, 1.807) is 11.3 Å². The molecule has 1 aliphatic rings. The molecule has 0 saturated carbocycles. The van der Waals surface area contributed by atoms with Crippen molar-refractivity contribution in [3.8, 4) is 0 Å². The summed E-state index contributed by atoms with van der Waals surface area (Å²) in [5.74, 6) is 1.35. The molecule has 2 rings (SSSR count). The first kappa shape index (κ1) is 11.5. The summed E-state index contributed by atoms with van der Waals surface area (Å²) in [6.07, 6.45) is 3.95. The van der Waals surface area contributed by atoms with Crippen molar-refractivity contribution in [1.29, 1.82) is 0 Å². The predicted molar refractivity (Wildman–Crippen MR) is 71.0 cm³/mol. The van der Waals surface area contributed by atoms with Gasteiger partial charge < -0.3 is 5.32 Å². The Balaban J connectivity index is 1.62. The fourth-order valence-electron chi connectivity index (χ4n) is 2.00. The highest BCUT2D eigenvalue weighted by Gasteiger charge is 2.28. The first-order valence-corrected chi connectivity index (χ1v) is 7.57. The third kappa shape index (κ3) is 3.51. The van der Waals surface area contributed by atoms with E-state index in [1.807, 2.05) is 0 Å². The van der Waals surface area contributed by atoms with Crippen LogP contribution >= 0.6 is 23.1 Å². The fourth-order valence-corrected chi connectivity index (χ4v) is 3.97. The molecular formula is C12H19NS2. The van der Waals surface area contributed by atoms with Gasteiger partial charge in [0, 0.05) is 11.3 Å². The van der Waals surface area contributed by atoms with Crippen LogP contribution < -0.4 is 5.32 Å². The van der Waals surface area contributed by atoms with Gasteiger partial charge in [0.15, 0.2) is 0 Å². The summed E-state index contributed by atoms with van der Waals surface area (Å²) in [5, 5.41) is 7.99. The first-order chi connectivity index (χ1) is 7.29. The molecule has 84 valence electrons. The third-order valence-electron chi connectivity index (χ3n) is 2.97. The van der Waals surface area contributed by atoms with Gasteiger partial charge in [0.05, 0.1) is 0 Å². The topological polar surface area (TPSA) is 12.0 Å². The lowest BCUT2D eigenvalue weighted by atomic mass is 10.1. The second-order valence-corrected chi connectivity index (χ2v) is 6.92. The summed E-state index contributed by atoms with van der Waals surface area (Å²) in [5.41, 5.74) is 1.47. The van der Waals surface area contributed by atoms with E-state index in [2.05, 4.69) is 40.8 Å². The molecule has 0 aliphatic carbocycles.